The van der Waals surface area contributed by atoms with Crippen LogP contribution < -0.4 is 0 Å². The van der Waals surface area contributed by atoms with E-state index < -0.39 is 25.0 Å². The Balaban J connectivity index is 0.00000261. The minimum Gasteiger partial charge on any atom is -0.434 e. The van der Waals surface area contributed by atoms with Crippen molar-refractivity contribution < 1.29 is 32.5 Å². The summed E-state index contributed by atoms with van der Waals surface area (Å²) in [5, 5.41) is 8.78. The van der Waals surface area contributed by atoms with Crippen molar-refractivity contribution in [3.63, 3.8) is 0 Å². The molecule has 0 bridgehead atoms. The Labute approximate surface area is 157 Å². The van der Waals surface area contributed by atoms with Crippen molar-refractivity contribution in [2.45, 2.75) is 50.5 Å². The van der Waals surface area contributed by atoms with E-state index in [0.29, 0.717) is 25.4 Å². The first-order valence-corrected chi connectivity index (χ1v) is 8.65. The van der Waals surface area contributed by atoms with Gasteiger partial charge in [0, 0.05) is 19.0 Å². The minimum absolute atomic E-state index is 0. The quantitative estimate of drug-likeness (QED) is 0.856. The second kappa shape index (κ2) is 8.48. The Bertz CT molecular complexity index is 615. The number of piperidine rings is 1. The summed E-state index contributed by atoms with van der Waals surface area (Å²) in [5.41, 5.74) is 0.875. The molecule has 2 saturated heterocycles. The maximum absolute atomic E-state index is 12.6. The number of rotatable bonds is 3. The summed E-state index contributed by atoms with van der Waals surface area (Å²) in [6, 6.07) is 10.0. The van der Waals surface area contributed by atoms with Gasteiger partial charge in [-0.1, -0.05) is 37.8 Å². The molecule has 1 aromatic carbocycles. The first-order chi connectivity index (χ1) is 12.3. The summed E-state index contributed by atoms with van der Waals surface area (Å²) in [5.74, 6) is 0.290. The molecule has 2 atom stereocenters. The van der Waals surface area contributed by atoms with E-state index in [-0.39, 0.29) is 26.1 Å². The van der Waals surface area contributed by atoms with Crippen molar-refractivity contribution in [2.24, 2.45) is 0 Å². The number of aliphatic hydroxyl groups is 1. The third kappa shape index (κ3) is 4.93. The van der Waals surface area contributed by atoms with E-state index in [2.05, 4.69) is 16.9 Å². The zero-order chi connectivity index (χ0) is 18.8. The van der Waals surface area contributed by atoms with Gasteiger partial charge in [-0.3, -0.25) is 0 Å². The largest absolute Gasteiger partial charge is 0.434 e. The van der Waals surface area contributed by atoms with Crippen LogP contribution in [0.5, 0.6) is 0 Å². The van der Waals surface area contributed by atoms with Crippen LogP contribution in [0.4, 0.5) is 18.0 Å². The second-order valence-electron chi connectivity index (χ2n) is 6.89. The predicted molar refractivity (Wildman–Crippen MR) is 93.4 cm³/mol. The topological polar surface area (TPSA) is 59.0 Å². The molecule has 152 valence electrons. The lowest BCUT2D eigenvalue weighted by molar-refractivity contribution is -0.215. The lowest BCUT2D eigenvalue weighted by Gasteiger charge is -2.38. The minimum atomic E-state index is -4.78. The van der Waals surface area contributed by atoms with E-state index >= 15 is 0 Å². The lowest BCUT2D eigenvalue weighted by Crippen LogP contribution is -2.48. The number of amides is 1. The number of carbonyl (C=O) groups is 1. The number of aliphatic hydroxyl groups excluding tert-OH is 1. The summed E-state index contributed by atoms with van der Waals surface area (Å²) in [4.78, 5) is 13.2. The monoisotopic (exact) mass is 389 g/mol. The predicted octanol–water partition coefficient (Wildman–Crippen LogP) is 3.72. The highest BCUT2D eigenvalue weighted by Gasteiger charge is 2.46. The van der Waals surface area contributed by atoms with Crippen LogP contribution >= 0.6 is 0 Å². The highest BCUT2D eigenvalue weighted by atomic mass is 19.4. The molecular formula is C19H26F3NO4. The number of benzene rings is 1. The molecule has 1 unspecified atom stereocenters. The molecule has 5 nitrogen and oxygen atoms in total. The number of carbonyl (C=O) groups excluding carboxylic acids is 1. The zero-order valence-electron chi connectivity index (χ0n) is 14.2. The van der Waals surface area contributed by atoms with Crippen molar-refractivity contribution in [3.05, 3.63) is 35.9 Å². The number of likely N-dealkylation sites (tertiary alicyclic amines) is 1. The van der Waals surface area contributed by atoms with Crippen LogP contribution in [0.15, 0.2) is 30.3 Å². The molecule has 0 radical (unpaired) electrons. The van der Waals surface area contributed by atoms with Crippen LogP contribution in [0, 0.1) is 0 Å². The number of hydrogen-bond donors (Lipinski definition) is 1. The normalized spacial score (nSPS) is 23.0. The van der Waals surface area contributed by atoms with Gasteiger partial charge in [0.1, 0.15) is 0 Å². The molecule has 0 aromatic heterocycles. The number of hydrogen-bond acceptors (Lipinski definition) is 4. The first kappa shape index (κ1) is 21.5. The fraction of sp³-hybridized carbons (Fsp3) is 0.632. The summed E-state index contributed by atoms with van der Waals surface area (Å²) in [6.07, 6.45) is -6.37. The SMILES string of the molecule is C.O=C(O[C@H](CO)C(F)(F)F)N1CCC2(CC1)CC(c1ccccc1)CO2. The molecule has 0 aliphatic carbocycles. The standard InChI is InChI=1S/C18H22F3NO4.CH4/c19-18(20,21)15(11-23)26-16(24)22-8-6-17(7-9-22)10-14(12-25-17)13-4-2-1-3-5-13;/h1-5,14-15,23H,6-12H2;1H4/t14?,15-;/m1./s1. The molecule has 1 amide bonds. The fourth-order valence-corrected chi connectivity index (χ4v) is 3.63. The van der Waals surface area contributed by atoms with Crippen LogP contribution in [0.25, 0.3) is 0 Å². The van der Waals surface area contributed by atoms with Gasteiger partial charge in [-0.25, -0.2) is 4.79 Å². The molecule has 2 fully saturated rings. The highest BCUT2D eigenvalue weighted by Crippen LogP contribution is 2.42. The van der Waals surface area contributed by atoms with E-state index in [1.165, 1.54) is 10.5 Å². The molecule has 1 spiro atoms. The first-order valence-electron chi connectivity index (χ1n) is 8.65. The summed E-state index contributed by atoms with van der Waals surface area (Å²) in [7, 11) is 0. The van der Waals surface area contributed by atoms with E-state index in [1.807, 2.05) is 18.2 Å². The summed E-state index contributed by atoms with van der Waals surface area (Å²) < 4.78 is 48.3. The van der Waals surface area contributed by atoms with Gasteiger partial charge in [0.25, 0.3) is 0 Å². The molecular weight excluding hydrogens is 363 g/mol. The van der Waals surface area contributed by atoms with Crippen LogP contribution in [-0.2, 0) is 9.47 Å². The van der Waals surface area contributed by atoms with Gasteiger partial charge in [0.2, 0.25) is 6.10 Å². The average Bonchev–Trinajstić information content (AvgIpc) is 3.03. The third-order valence-electron chi connectivity index (χ3n) is 5.19. The average molecular weight is 389 g/mol. The second-order valence-corrected chi connectivity index (χ2v) is 6.89. The Morgan fingerprint density at radius 3 is 2.48 bits per heavy atom. The molecule has 2 aliphatic rings. The van der Waals surface area contributed by atoms with Crippen LogP contribution in [0.3, 0.4) is 0 Å². The maximum atomic E-state index is 12.6. The van der Waals surface area contributed by atoms with Gasteiger partial charge >= 0.3 is 12.3 Å². The van der Waals surface area contributed by atoms with Gasteiger partial charge in [-0.05, 0) is 24.8 Å². The Morgan fingerprint density at radius 2 is 1.93 bits per heavy atom. The van der Waals surface area contributed by atoms with Gasteiger partial charge in [0.15, 0.2) is 0 Å². The highest BCUT2D eigenvalue weighted by molar-refractivity contribution is 5.68. The molecule has 1 aromatic rings. The van der Waals surface area contributed by atoms with Gasteiger partial charge < -0.3 is 19.5 Å². The van der Waals surface area contributed by atoms with Crippen LogP contribution in [0.2, 0.25) is 0 Å². The van der Waals surface area contributed by atoms with E-state index in [0.717, 1.165) is 6.42 Å². The van der Waals surface area contributed by atoms with Crippen LogP contribution in [0.1, 0.15) is 38.2 Å². The smallest absolute Gasteiger partial charge is 0.427 e. The molecule has 27 heavy (non-hydrogen) atoms. The van der Waals surface area contributed by atoms with E-state index in [9.17, 15) is 18.0 Å². The zero-order valence-corrected chi connectivity index (χ0v) is 14.2. The number of alkyl halides is 3. The van der Waals surface area contributed by atoms with Gasteiger partial charge in [-0.2, -0.15) is 13.2 Å². The molecule has 8 heteroatoms. The van der Waals surface area contributed by atoms with Crippen molar-refractivity contribution in [1.29, 1.82) is 0 Å². The Morgan fingerprint density at radius 1 is 1.30 bits per heavy atom. The molecule has 2 heterocycles. The number of halogens is 3. The molecule has 2 aliphatic heterocycles. The van der Waals surface area contributed by atoms with Gasteiger partial charge in [0.05, 0.1) is 18.8 Å². The van der Waals surface area contributed by atoms with Crippen molar-refractivity contribution in [3.8, 4) is 0 Å². The van der Waals surface area contributed by atoms with Gasteiger partial charge in [-0.15, -0.1) is 0 Å². The van der Waals surface area contributed by atoms with E-state index in [4.69, 9.17) is 9.84 Å². The Kier molecular flexibility index (Phi) is 6.75. The Hall–Kier alpha value is -1.80. The van der Waals surface area contributed by atoms with Crippen molar-refractivity contribution in [1.82, 2.24) is 4.90 Å². The summed E-state index contributed by atoms with van der Waals surface area (Å²) >= 11 is 0. The fourth-order valence-electron chi connectivity index (χ4n) is 3.63. The maximum Gasteiger partial charge on any atom is 0.427 e. The number of nitrogens with zero attached hydrogens (tertiary/aromatic N) is 1. The lowest BCUT2D eigenvalue weighted by atomic mass is 9.83. The van der Waals surface area contributed by atoms with Crippen molar-refractivity contribution in [2.75, 3.05) is 26.3 Å². The molecule has 1 N–H and O–H groups in total. The van der Waals surface area contributed by atoms with E-state index in [1.54, 1.807) is 0 Å². The van der Waals surface area contributed by atoms with Crippen molar-refractivity contribution >= 4 is 6.09 Å². The summed E-state index contributed by atoms with van der Waals surface area (Å²) in [6.45, 7) is -0.128. The molecule has 3 rings (SSSR count). The van der Waals surface area contributed by atoms with Crippen LogP contribution in [-0.4, -0.2) is 60.3 Å². The molecule has 0 saturated carbocycles. The third-order valence-corrected chi connectivity index (χ3v) is 5.19. The number of ether oxygens (including phenoxy) is 2.